The lowest BCUT2D eigenvalue weighted by molar-refractivity contribution is -0.141. The summed E-state index contributed by atoms with van der Waals surface area (Å²) in [6, 6.07) is -0.660. The van der Waals surface area contributed by atoms with Gasteiger partial charge in [-0.1, -0.05) is 6.92 Å². The summed E-state index contributed by atoms with van der Waals surface area (Å²) in [4.78, 5) is 21.5. The van der Waals surface area contributed by atoms with Crippen molar-refractivity contribution in [2.24, 2.45) is 5.92 Å². The maximum absolute atomic E-state index is 11.0. The molecule has 0 aromatic heterocycles. The number of aliphatic carboxylic acids is 1. The molecule has 1 aliphatic heterocycles. The van der Waals surface area contributed by atoms with Gasteiger partial charge in [-0.25, -0.2) is 0 Å². The summed E-state index contributed by atoms with van der Waals surface area (Å²) in [6.45, 7) is 2.03. The SMILES string of the molecule is CC[C@H]1C(=O)CN[C@@H]1C(=O)O. The largest absolute Gasteiger partial charge is 0.480 e. The number of carboxylic acids is 1. The third-order valence-electron chi connectivity index (χ3n) is 2.02. The van der Waals surface area contributed by atoms with Crippen LogP contribution in [0.4, 0.5) is 0 Å². The molecule has 2 N–H and O–H groups in total. The minimum absolute atomic E-state index is 0.0138. The molecule has 1 aliphatic rings. The van der Waals surface area contributed by atoms with E-state index in [0.717, 1.165) is 0 Å². The fourth-order valence-corrected chi connectivity index (χ4v) is 1.39. The van der Waals surface area contributed by atoms with Crippen LogP contribution < -0.4 is 5.32 Å². The van der Waals surface area contributed by atoms with E-state index in [2.05, 4.69) is 5.32 Å². The molecule has 0 amide bonds. The number of carbonyl (C=O) groups is 2. The Morgan fingerprint density at radius 3 is 2.82 bits per heavy atom. The first kappa shape index (κ1) is 8.20. The van der Waals surface area contributed by atoms with Crippen molar-refractivity contribution in [2.45, 2.75) is 19.4 Å². The molecule has 4 nitrogen and oxygen atoms in total. The molecule has 0 radical (unpaired) electrons. The molecule has 2 atom stereocenters. The van der Waals surface area contributed by atoms with Crippen molar-refractivity contribution in [1.29, 1.82) is 0 Å². The molecule has 0 aliphatic carbocycles. The van der Waals surface area contributed by atoms with Crippen LogP contribution >= 0.6 is 0 Å². The summed E-state index contributed by atoms with van der Waals surface area (Å²) < 4.78 is 0. The number of carboxylic acid groups (broad SMARTS) is 1. The summed E-state index contributed by atoms with van der Waals surface area (Å²) >= 11 is 0. The Bertz CT molecular complexity index is 190. The van der Waals surface area contributed by atoms with E-state index < -0.39 is 12.0 Å². The monoisotopic (exact) mass is 157 g/mol. The third kappa shape index (κ3) is 1.40. The van der Waals surface area contributed by atoms with Crippen molar-refractivity contribution in [1.82, 2.24) is 5.32 Å². The zero-order chi connectivity index (χ0) is 8.43. The number of hydrogen-bond donors (Lipinski definition) is 2. The molecule has 62 valence electrons. The highest BCUT2D eigenvalue weighted by Gasteiger charge is 2.37. The number of hydrogen-bond acceptors (Lipinski definition) is 3. The summed E-state index contributed by atoms with van der Waals surface area (Å²) in [5.41, 5.74) is 0. The van der Waals surface area contributed by atoms with E-state index in [4.69, 9.17) is 5.11 Å². The fourth-order valence-electron chi connectivity index (χ4n) is 1.39. The van der Waals surface area contributed by atoms with Gasteiger partial charge < -0.3 is 5.11 Å². The average molecular weight is 157 g/mol. The second kappa shape index (κ2) is 3.00. The van der Waals surface area contributed by atoms with Crippen molar-refractivity contribution in [2.75, 3.05) is 6.54 Å². The Balaban J connectivity index is 2.68. The maximum Gasteiger partial charge on any atom is 0.321 e. The van der Waals surface area contributed by atoms with Gasteiger partial charge in [-0.2, -0.15) is 0 Å². The Kier molecular flexibility index (Phi) is 2.24. The summed E-state index contributed by atoms with van der Waals surface area (Å²) in [5.74, 6) is -1.24. The highest BCUT2D eigenvalue weighted by Crippen LogP contribution is 2.15. The van der Waals surface area contributed by atoms with Gasteiger partial charge in [0.15, 0.2) is 5.78 Å². The quantitative estimate of drug-likeness (QED) is 0.574. The predicted molar refractivity (Wildman–Crippen MR) is 38.2 cm³/mol. The molecule has 4 heteroatoms. The molecule has 0 aromatic carbocycles. The predicted octanol–water partition coefficient (Wildman–Crippen LogP) is -0.362. The van der Waals surface area contributed by atoms with Crippen LogP contribution in [0.2, 0.25) is 0 Å². The van der Waals surface area contributed by atoms with Crippen LogP contribution in [0, 0.1) is 5.92 Å². The second-order valence-corrected chi connectivity index (χ2v) is 2.68. The molecule has 0 spiro atoms. The van der Waals surface area contributed by atoms with Crippen molar-refractivity contribution >= 4 is 11.8 Å². The van der Waals surface area contributed by atoms with Gasteiger partial charge in [-0.05, 0) is 6.42 Å². The van der Waals surface area contributed by atoms with Gasteiger partial charge in [0.1, 0.15) is 6.04 Å². The van der Waals surface area contributed by atoms with E-state index >= 15 is 0 Å². The van der Waals surface area contributed by atoms with Gasteiger partial charge in [-0.15, -0.1) is 0 Å². The Hall–Kier alpha value is -0.900. The first-order chi connectivity index (χ1) is 5.16. The molecule has 0 saturated carbocycles. The zero-order valence-corrected chi connectivity index (χ0v) is 6.33. The van der Waals surface area contributed by atoms with Crippen molar-refractivity contribution in [3.05, 3.63) is 0 Å². The van der Waals surface area contributed by atoms with E-state index in [9.17, 15) is 9.59 Å². The molecule has 1 saturated heterocycles. The van der Waals surface area contributed by atoms with Crippen molar-refractivity contribution in [3.63, 3.8) is 0 Å². The van der Waals surface area contributed by atoms with Crippen LogP contribution in [-0.2, 0) is 9.59 Å². The van der Waals surface area contributed by atoms with E-state index in [1.54, 1.807) is 0 Å². The summed E-state index contributed by atoms with van der Waals surface area (Å²) in [5, 5.41) is 11.3. The Morgan fingerprint density at radius 2 is 2.45 bits per heavy atom. The smallest absolute Gasteiger partial charge is 0.321 e. The lowest BCUT2D eigenvalue weighted by Crippen LogP contribution is -2.35. The second-order valence-electron chi connectivity index (χ2n) is 2.68. The maximum atomic E-state index is 11.0. The van der Waals surface area contributed by atoms with Gasteiger partial charge in [0.2, 0.25) is 0 Å². The van der Waals surface area contributed by atoms with E-state index in [0.29, 0.717) is 6.42 Å². The minimum Gasteiger partial charge on any atom is -0.480 e. The Labute approximate surface area is 64.6 Å². The van der Waals surface area contributed by atoms with Gasteiger partial charge in [0, 0.05) is 5.92 Å². The molecule has 1 fully saturated rings. The zero-order valence-electron chi connectivity index (χ0n) is 6.33. The van der Waals surface area contributed by atoms with Crippen LogP contribution in [-0.4, -0.2) is 29.4 Å². The normalized spacial score (nSPS) is 30.8. The van der Waals surface area contributed by atoms with Crippen LogP contribution in [0.25, 0.3) is 0 Å². The molecule has 1 heterocycles. The van der Waals surface area contributed by atoms with E-state index in [1.165, 1.54) is 0 Å². The number of rotatable bonds is 2. The van der Waals surface area contributed by atoms with Crippen molar-refractivity contribution in [3.8, 4) is 0 Å². The Morgan fingerprint density at radius 1 is 1.82 bits per heavy atom. The molecular formula is C7H11NO3. The molecule has 0 unspecified atom stereocenters. The number of Topliss-reactive ketones (excluding diaryl/α,β-unsaturated/α-hetero) is 1. The summed E-state index contributed by atoms with van der Waals surface area (Å²) in [6.07, 6.45) is 0.600. The highest BCUT2D eigenvalue weighted by molar-refractivity contribution is 5.92. The van der Waals surface area contributed by atoms with Crippen LogP contribution in [0.1, 0.15) is 13.3 Å². The van der Waals surface area contributed by atoms with Crippen molar-refractivity contribution < 1.29 is 14.7 Å². The van der Waals surface area contributed by atoms with E-state index in [-0.39, 0.29) is 18.2 Å². The number of ketones is 1. The minimum atomic E-state index is -0.928. The topological polar surface area (TPSA) is 66.4 Å². The molecular weight excluding hydrogens is 146 g/mol. The standard InChI is InChI=1S/C7H11NO3/c1-2-4-5(9)3-8-6(4)7(10)11/h4,6,8H,2-3H2,1H3,(H,10,11)/t4-,6-/m0/s1. The molecule has 1 rings (SSSR count). The van der Waals surface area contributed by atoms with Gasteiger partial charge in [0.05, 0.1) is 6.54 Å². The van der Waals surface area contributed by atoms with Crippen LogP contribution in [0.15, 0.2) is 0 Å². The number of nitrogens with one attached hydrogen (secondary N) is 1. The lowest BCUT2D eigenvalue weighted by Gasteiger charge is -2.10. The van der Waals surface area contributed by atoms with Gasteiger partial charge >= 0.3 is 5.97 Å². The molecule has 0 bridgehead atoms. The lowest BCUT2D eigenvalue weighted by atomic mass is 9.97. The van der Waals surface area contributed by atoms with Gasteiger partial charge in [-0.3, -0.25) is 14.9 Å². The first-order valence-corrected chi connectivity index (χ1v) is 3.65. The number of carbonyl (C=O) groups excluding carboxylic acids is 1. The van der Waals surface area contributed by atoms with Crippen LogP contribution in [0.5, 0.6) is 0 Å². The summed E-state index contributed by atoms with van der Waals surface area (Å²) in [7, 11) is 0. The third-order valence-corrected chi connectivity index (χ3v) is 2.02. The first-order valence-electron chi connectivity index (χ1n) is 3.65. The average Bonchev–Trinajstić information content (AvgIpc) is 2.30. The molecule has 0 aromatic rings. The fraction of sp³-hybridized carbons (Fsp3) is 0.714. The van der Waals surface area contributed by atoms with Gasteiger partial charge in [0.25, 0.3) is 0 Å². The van der Waals surface area contributed by atoms with Crippen LogP contribution in [0.3, 0.4) is 0 Å². The van der Waals surface area contributed by atoms with E-state index in [1.807, 2.05) is 6.92 Å². The highest BCUT2D eigenvalue weighted by atomic mass is 16.4. The molecule has 11 heavy (non-hydrogen) atoms.